The highest BCUT2D eigenvalue weighted by molar-refractivity contribution is 5.85. The summed E-state index contributed by atoms with van der Waals surface area (Å²) in [5, 5.41) is 7.02. The Morgan fingerprint density at radius 3 is 2.48 bits per heavy atom. The molecule has 0 spiro atoms. The van der Waals surface area contributed by atoms with Crippen molar-refractivity contribution in [2.45, 2.75) is 18.6 Å². The summed E-state index contributed by atoms with van der Waals surface area (Å²) in [4.78, 5) is 15.7. The Kier molecular flexibility index (Phi) is 9.78. The first-order chi connectivity index (χ1) is 10.8. The van der Waals surface area contributed by atoms with E-state index in [1.54, 1.807) is 36.1 Å². The van der Waals surface area contributed by atoms with Crippen molar-refractivity contribution in [1.29, 1.82) is 0 Å². The van der Waals surface area contributed by atoms with E-state index in [0.717, 1.165) is 5.56 Å². The number of aromatic nitrogens is 2. The fourth-order valence-electron chi connectivity index (χ4n) is 2.81. The molecule has 1 unspecified atom stereocenters. The van der Waals surface area contributed by atoms with Gasteiger partial charge in [-0.1, -0.05) is 0 Å². The highest BCUT2D eigenvalue weighted by atomic mass is 35.5. The van der Waals surface area contributed by atoms with Crippen LogP contribution in [0.4, 0.5) is 13.2 Å². The van der Waals surface area contributed by atoms with E-state index in [0.29, 0.717) is 26.1 Å². The number of nitrogens with one attached hydrogen (secondary N) is 1. The van der Waals surface area contributed by atoms with Crippen LogP contribution in [0.3, 0.4) is 0 Å². The fraction of sp³-hybridized carbons (Fsp3) is 0.714. The summed E-state index contributed by atoms with van der Waals surface area (Å²) < 4.78 is 39.1. The number of halogens is 5. The predicted molar refractivity (Wildman–Crippen MR) is 93.2 cm³/mol. The van der Waals surface area contributed by atoms with E-state index in [9.17, 15) is 18.0 Å². The number of alkyl halides is 3. The molecule has 146 valence electrons. The van der Waals surface area contributed by atoms with Gasteiger partial charge in [0.15, 0.2) is 0 Å². The second-order valence-electron chi connectivity index (χ2n) is 5.74. The molecule has 2 rings (SSSR count). The van der Waals surface area contributed by atoms with Gasteiger partial charge in [0.1, 0.15) is 6.04 Å². The van der Waals surface area contributed by atoms with Gasteiger partial charge in [0.05, 0.1) is 12.7 Å². The van der Waals surface area contributed by atoms with E-state index in [1.807, 2.05) is 0 Å². The molecule has 25 heavy (non-hydrogen) atoms. The molecule has 1 N–H and O–H groups in total. The third-order valence-electron chi connectivity index (χ3n) is 3.90. The van der Waals surface area contributed by atoms with Crippen LogP contribution in [0.5, 0.6) is 0 Å². The maximum absolute atomic E-state index is 12.7. The minimum Gasteiger partial charge on any atom is -0.340 e. The molecule has 1 amide bonds. The van der Waals surface area contributed by atoms with Crippen LogP contribution in [0, 0.1) is 0 Å². The molecule has 6 nitrogen and oxygen atoms in total. The summed E-state index contributed by atoms with van der Waals surface area (Å²) in [6.45, 7) is 0.418. The number of nitrogens with zero attached hydrogens (tertiary/aromatic N) is 4. The number of likely N-dealkylation sites (N-methyl/N-ethyl adjacent to an activating group) is 1. The molecular formula is C14H24Cl2F3N5O. The lowest BCUT2D eigenvalue weighted by Gasteiger charge is -2.26. The number of amides is 1. The zero-order valence-electron chi connectivity index (χ0n) is 14.1. The molecule has 1 aliphatic rings. The summed E-state index contributed by atoms with van der Waals surface area (Å²) >= 11 is 0. The van der Waals surface area contributed by atoms with Crippen LogP contribution in [0.15, 0.2) is 12.4 Å². The number of rotatable bonds is 4. The first-order valence-electron chi connectivity index (χ1n) is 7.54. The normalized spacial score (nSPS) is 17.2. The van der Waals surface area contributed by atoms with Crippen LogP contribution in [-0.2, 0) is 11.8 Å². The van der Waals surface area contributed by atoms with Crippen LogP contribution in [-0.4, -0.2) is 71.4 Å². The lowest BCUT2D eigenvalue weighted by molar-refractivity contribution is -0.145. The number of carbonyl (C=O) groups excluding carboxylic acids is 1. The van der Waals surface area contributed by atoms with Crippen LogP contribution in [0.25, 0.3) is 0 Å². The molecule has 1 atom stereocenters. The van der Waals surface area contributed by atoms with Crippen molar-refractivity contribution in [1.82, 2.24) is 24.9 Å². The predicted octanol–water partition coefficient (Wildman–Crippen LogP) is 1.62. The summed E-state index contributed by atoms with van der Waals surface area (Å²) in [7, 11) is 3.45. The third-order valence-corrected chi connectivity index (χ3v) is 3.90. The quantitative estimate of drug-likeness (QED) is 0.826. The maximum atomic E-state index is 12.7. The number of carbonyl (C=O) groups is 1. The minimum absolute atomic E-state index is 0. The van der Waals surface area contributed by atoms with Gasteiger partial charge in [0.25, 0.3) is 0 Å². The van der Waals surface area contributed by atoms with Gasteiger partial charge >= 0.3 is 6.18 Å². The highest BCUT2D eigenvalue weighted by Crippen LogP contribution is 2.19. The van der Waals surface area contributed by atoms with Crippen LogP contribution in [0.2, 0.25) is 0 Å². The van der Waals surface area contributed by atoms with Gasteiger partial charge < -0.3 is 10.2 Å². The summed E-state index contributed by atoms with van der Waals surface area (Å²) in [5.74, 6) is -0.130. The standard InChI is InChI=1S/C14H22F3N5O.2ClH/c1-18-12(11-8-19-20(2)9-11)13(23)22-5-3-4-21(6-7-22)10-14(15,16)17;;/h8-9,12,18H,3-7,10H2,1-2H3;2*1H. The van der Waals surface area contributed by atoms with Gasteiger partial charge in [-0.2, -0.15) is 18.3 Å². The van der Waals surface area contributed by atoms with E-state index in [1.165, 1.54) is 4.90 Å². The number of hydrogen-bond acceptors (Lipinski definition) is 4. The summed E-state index contributed by atoms with van der Waals surface area (Å²) in [6.07, 6.45) is -0.298. The molecule has 1 fully saturated rings. The Labute approximate surface area is 157 Å². The SMILES string of the molecule is CNC(C(=O)N1CCCN(CC(F)(F)F)CC1)c1cnn(C)c1.Cl.Cl. The molecule has 1 aliphatic heterocycles. The Morgan fingerprint density at radius 2 is 1.96 bits per heavy atom. The second kappa shape index (κ2) is 10.2. The molecule has 0 radical (unpaired) electrons. The number of hydrogen-bond donors (Lipinski definition) is 1. The van der Waals surface area contributed by atoms with E-state index >= 15 is 0 Å². The zero-order valence-corrected chi connectivity index (χ0v) is 15.8. The van der Waals surface area contributed by atoms with E-state index in [-0.39, 0.29) is 37.3 Å². The van der Waals surface area contributed by atoms with Crippen molar-refractivity contribution < 1.29 is 18.0 Å². The Hall–Kier alpha value is -1.03. The zero-order chi connectivity index (χ0) is 17.0. The Balaban J connectivity index is 0.00000288. The monoisotopic (exact) mass is 405 g/mol. The largest absolute Gasteiger partial charge is 0.401 e. The molecule has 1 saturated heterocycles. The van der Waals surface area contributed by atoms with Gasteiger partial charge in [-0.05, 0) is 13.5 Å². The Morgan fingerprint density at radius 1 is 1.28 bits per heavy atom. The van der Waals surface area contributed by atoms with Gasteiger partial charge in [-0.25, -0.2) is 0 Å². The Bertz CT molecular complexity index is 541. The van der Waals surface area contributed by atoms with E-state index in [2.05, 4.69) is 10.4 Å². The van der Waals surface area contributed by atoms with Gasteiger partial charge in [0.2, 0.25) is 5.91 Å². The second-order valence-corrected chi connectivity index (χ2v) is 5.74. The van der Waals surface area contributed by atoms with Crippen molar-refractivity contribution in [2.75, 3.05) is 39.8 Å². The van der Waals surface area contributed by atoms with Crippen LogP contribution < -0.4 is 5.32 Å². The summed E-state index contributed by atoms with van der Waals surface area (Å²) in [6, 6.07) is -0.530. The first kappa shape index (κ1) is 24.0. The van der Waals surface area contributed by atoms with E-state index in [4.69, 9.17) is 0 Å². The molecule has 0 bridgehead atoms. The average molecular weight is 406 g/mol. The third kappa shape index (κ3) is 7.01. The van der Waals surface area contributed by atoms with Crippen molar-refractivity contribution in [3.8, 4) is 0 Å². The smallest absolute Gasteiger partial charge is 0.340 e. The molecule has 1 aromatic heterocycles. The molecule has 2 heterocycles. The molecule has 1 aromatic rings. The lowest BCUT2D eigenvalue weighted by Crippen LogP contribution is -2.42. The molecule has 0 saturated carbocycles. The van der Waals surface area contributed by atoms with Crippen molar-refractivity contribution in [3.63, 3.8) is 0 Å². The van der Waals surface area contributed by atoms with Gasteiger partial charge in [0, 0.05) is 45.0 Å². The number of aryl methyl sites for hydroxylation is 1. The first-order valence-corrected chi connectivity index (χ1v) is 7.54. The van der Waals surface area contributed by atoms with Crippen LogP contribution >= 0.6 is 24.8 Å². The minimum atomic E-state index is -4.21. The average Bonchev–Trinajstić information content (AvgIpc) is 2.74. The van der Waals surface area contributed by atoms with Crippen LogP contribution in [0.1, 0.15) is 18.0 Å². The van der Waals surface area contributed by atoms with E-state index < -0.39 is 18.8 Å². The molecule has 0 aromatic carbocycles. The lowest BCUT2D eigenvalue weighted by atomic mass is 10.1. The maximum Gasteiger partial charge on any atom is 0.401 e. The summed E-state index contributed by atoms with van der Waals surface area (Å²) in [5.41, 5.74) is 0.747. The van der Waals surface area contributed by atoms with Crippen molar-refractivity contribution >= 4 is 30.7 Å². The van der Waals surface area contributed by atoms with Gasteiger partial charge in [-0.15, -0.1) is 24.8 Å². The van der Waals surface area contributed by atoms with Crippen molar-refractivity contribution in [2.24, 2.45) is 7.05 Å². The fourth-order valence-corrected chi connectivity index (χ4v) is 2.81. The van der Waals surface area contributed by atoms with Crippen molar-refractivity contribution in [3.05, 3.63) is 18.0 Å². The highest BCUT2D eigenvalue weighted by Gasteiger charge is 2.33. The molecule has 11 heteroatoms. The molecule has 0 aliphatic carbocycles. The molecular weight excluding hydrogens is 382 g/mol. The topological polar surface area (TPSA) is 53.4 Å². The van der Waals surface area contributed by atoms with Gasteiger partial charge in [-0.3, -0.25) is 14.4 Å².